The topological polar surface area (TPSA) is 94.5 Å². The molecular weight excluding hydrogens is 396 g/mol. The van der Waals surface area contributed by atoms with Gasteiger partial charge in [-0.05, 0) is 43.9 Å². The summed E-state index contributed by atoms with van der Waals surface area (Å²) >= 11 is 0. The summed E-state index contributed by atoms with van der Waals surface area (Å²) in [6, 6.07) is 4.10. The van der Waals surface area contributed by atoms with Gasteiger partial charge in [-0.1, -0.05) is 19.3 Å². The Bertz CT molecular complexity index is 863. The van der Waals surface area contributed by atoms with E-state index in [2.05, 4.69) is 10.3 Å². The molecule has 0 spiro atoms. The molecule has 0 bridgehead atoms. The van der Waals surface area contributed by atoms with E-state index in [0.717, 1.165) is 48.2 Å². The first-order valence-electron chi connectivity index (χ1n) is 11.4. The van der Waals surface area contributed by atoms with Crippen molar-refractivity contribution in [3.05, 3.63) is 23.3 Å². The van der Waals surface area contributed by atoms with Crippen LogP contribution in [0.5, 0.6) is 5.75 Å². The predicted octanol–water partition coefficient (Wildman–Crippen LogP) is 2.24. The summed E-state index contributed by atoms with van der Waals surface area (Å²) in [4.78, 5) is 32.7. The van der Waals surface area contributed by atoms with Gasteiger partial charge >= 0.3 is 0 Å². The summed E-state index contributed by atoms with van der Waals surface area (Å²) in [5.74, 6) is 1.49. The number of hydrogen-bond acceptors (Lipinski definition) is 6. The molecule has 0 unspecified atom stereocenters. The van der Waals surface area contributed by atoms with Gasteiger partial charge in [-0.3, -0.25) is 14.9 Å². The van der Waals surface area contributed by atoms with Crippen LogP contribution in [0.2, 0.25) is 0 Å². The van der Waals surface area contributed by atoms with Crippen molar-refractivity contribution in [2.45, 2.75) is 64.5 Å². The van der Waals surface area contributed by atoms with Crippen LogP contribution in [0.15, 0.2) is 17.1 Å². The molecule has 2 aliphatic heterocycles. The fourth-order valence-electron chi connectivity index (χ4n) is 4.77. The molecule has 2 fully saturated rings. The Morgan fingerprint density at radius 1 is 1.29 bits per heavy atom. The van der Waals surface area contributed by atoms with Crippen LogP contribution >= 0.6 is 0 Å². The number of carbonyl (C=O) groups excluding carboxylic acids is 2. The minimum absolute atomic E-state index is 0.00932. The van der Waals surface area contributed by atoms with E-state index in [1.54, 1.807) is 0 Å². The number of aliphatic imine (C=N–C) groups is 1. The highest BCUT2D eigenvalue weighted by Crippen LogP contribution is 2.34. The summed E-state index contributed by atoms with van der Waals surface area (Å²) in [5, 5.41) is 12.2. The third kappa shape index (κ3) is 4.84. The number of nitrogens with zero attached hydrogens (tertiary/aromatic N) is 3. The smallest absolute Gasteiger partial charge is 0.246 e. The average Bonchev–Trinajstić information content (AvgIpc) is 3.14. The van der Waals surface area contributed by atoms with Crippen molar-refractivity contribution in [3.63, 3.8) is 0 Å². The quantitative estimate of drug-likeness (QED) is 0.620. The normalized spacial score (nSPS) is 18.2. The highest BCUT2D eigenvalue weighted by Gasteiger charge is 2.30. The molecule has 2 amide bonds. The molecule has 8 nitrogen and oxygen atoms in total. The van der Waals surface area contributed by atoms with Crippen molar-refractivity contribution in [2.24, 2.45) is 4.99 Å². The number of benzene rings is 1. The second kappa shape index (κ2) is 9.68. The maximum Gasteiger partial charge on any atom is 0.246 e. The predicted molar refractivity (Wildman–Crippen MR) is 117 cm³/mol. The van der Waals surface area contributed by atoms with E-state index in [9.17, 15) is 14.7 Å². The minimum atomic E-state index is -0.0335. The van der Waals surface area contributed by atoms with Crippen LogP contribution in [0.4, 0.5) is 5.69 Å². The largest absolute Gasteiger partial charge is 0.493 e. The number of hydrogen-bond donors (Lipinski definition) is 2. The first kappa shape index (κ1) is 21.6. The van der Waals surface area contributed by atoms with Crippen LogP contribution in [0.3, 0.4) is 0 Å². The first-order valence-corrected chi connectivity index (χ1v) is 11.4. The summed E-state index contributed by atoms with van der Waals surface area (Å²) in [6.07, 6.45) is 6.70. The van der Waals surface area contributed by atoms with Crippen LogP contribution in [0, 0.1) is 6.92 Å². The second-order valence-corrected chi connectivity index (χ2v) is 8.58. The summed E-state index contributed by atoms with van der Waals surface area (Å²) in [6.45, 7) is 3.86. The first-order chi connectivity index (χ1) is 15.1. The Morgan fingerprint density at radius 3 is 2.87 bits per heavy atom. The van der Waals surface area contributed by atoms with Gasteiger partial charge in [0.1, 0.15) is 12.3 Å². The average molecular weight is 429 g/mol. The van der Waals surface area contributed by atoms with Gasteiger partial charge in [-0.15, -0.1) is 0 Å². The van der Waals surface area contributed by atoms with Crippen molar-refractivity contribution in [1.82, 2.24) is 15.1 Å². The highest BCUT2D eigenvalue weighted by atomic mass is 16.5. The lowest BCUT2D eigenvalue weighted by atomic mass is 9.94. The summed E-state index contributed by atoms with van der Waals surface area (Å²) in [7, 11) is 0. The lowest BCUT2D eigenvalue weighted by Crippen LogP contribution is -2.43. The zero-order valence-corrected chi connectivity index (χ0v) is 18.2. The van der Waals surface area contributed by atoms with Gasteiger partial charge in [0.05, 0.1) is 18.9 Å². The number of fused-ring (bicyclic) bond motifs is 2. The fraction of sp³-hybridized carbons (Fsp3) is 0.609. The molecule has 31 heavy (non-hydrogen) atoms. The Balaban J connectivity index is 1.31. The highest BCUT2D eigenvalue weighted by molar-refractivity contribution is 6.05. The minimum Gasteiger partial charge on any atom is -0.493 e. The van der Waals surface area contributed by atoms with Crippen molar-refractivity contribution >= 4 is 23.5 Å². The van der Waals surface area contributed by atoms with E-state index >= 15 is 0 Å². The zero-order valence-electron chi connectivity index (χ0n) is 18.2. The van der Waals surface area contributed by atoms with E-state index in [-0.39, 0.29) is 24.5 Å². The third-order valence-corrected chi connectivity index (χ3v) is 6.45. The van der Waals surface area contributed by atoms with Crippen LogP contribution in [-0.2, 0) is 16.1 Å². The second-order valence-electron chi connectivity index (χ2n) is 8.58. The molecule has 3 aliphatic rings. The van der Waals surface area contributed by atoms with Gasteiger partial charge in [0, 0.05) is 31.1 Å². The number of guanidine groups is 1. The van der Waals surface area contributed by atoms with Gasteiger partial charge < -0.3 is 19.6 Å². The molecule has 2 heterocycles. The van der Waals surface area contributed by atoms with Crippen molar-refractivity contribution in [2.75, 3.05) is 26.3 Å². The number of aliphatic hydroxyl groups excluding tert-OH is 1. The standard InChI is InChI=1S/C23H32N4O4/c1-16-18-14-26-15-21(29)25-23(26)24-19(18)9-10-20(16)31-13-5-8-22(30)27(11-12-28)17-6-3-2-4-7-17/h9-10,17,28H,2-8,11-15H2,1H3,(H,24,25,29). The SMILES string of the molecule is Cc1c(OCCCC(=O)N(CCO)C2CCCCC2)ccc2c1CN1CC(=O)NC1=N2. The van der Waals surface area contributed by atoms with E-state index in [0.29, 0.717) is 45.0 Å². The molecule has 2 N–H and O–H groups in total. The van der Waals surface area contributed by atoms with Gasteiger partial charge in [-0.25, -0.2) is 4.99 Å². The Labute approximate surface area is 183 Å². The van der Waals surface area contributed by atoms with E-state index < -0.39 is 0 Å². The van der Waals surface area contributed by atoms with E-state index in [1.807, 2.05) is 28.9 Å². The molecular formula is C23H32N4O4. The molecule has 1 aliphatic carbocycles. The lowest BCUT2D eigenvalue weighted by Gasteiger charge is -2.34. The summed E-state index contributed by atoms with van der Waals surface area (Å²) in [5.41, 5.74) is 2.95. The molecule has 1 saturated carbocycles. The molecule has 1 saturated heterocycles. The fourth-order valence-corrected chi connectivity index (χ4v) is 4.77. The lowest BCUT2D eigenvalue weighted by molar-refractivity contribution is -0.135. The Morgan fingerprint density at radius 2 is 2.10 bits per heavy atom. The number of amides is 2. The van der Waals surface area contributed by atoms with E-state index in [1.165, 1.54) is 6.42 Å². The molecule has 8 heteroatoms. The number of nitrogens with one attached hydrogen (secondary N) is 1. The van der Waals surface area contributed by atoms with Crippen LogP contribution in [-0.4, -0.2) is 65.0 Å². The Kier molecular flexibility index (Phi) is 6.75. The molecule has 4 rings (SSSR count). The molecule has 1 aromatic rings. The Hall–Kier alpha value is -2.61. The zero-order chi connectivity index (χ0) is 21.8. The molecule has 0 aromatic heterocycles. The van der Waals surface area contributed by atoms with Crippen molar-refractivity contribution in [3.8, 4) is 5.75 Å². The third-order valence-electron chi connectivity index (χ3n) is 6.45. The molecule has 1 aromatic carbocycles. The monoisotopic (exact) mass is 428 g/mol. The molecule has 0 atom stereocenters. The van der Waals surface area contributed by atoms with Gasteiger partial charge in [0.15, 0.2) is 0 Å². The van der Waals surface area contributed by atoms with Gasteiger partial charge in [-0.2, -0.15) is 0 Å². The molecule has 168 valence electrons. The number of ether oxygens (including phenoxy) is 1. The van der Waals surface area contributed by atoms with Crippen molar-refractivity contribution < 1.29 is 19.4 Å². The number of carbonyl (C=O) groups is 2. The van der Waals surface area contributed by atoms with E-state index in [4.69, 9.17) is 4.74 Å². The van der Waals surface area contributed by atoms with Crippen molar-refractivity contribution in [1.29, 1.82) is 0 Å². The maximum atomic E-state index is 12.7. The van der Waals surface area contributed by atoms with Gasteiger partial charge in [0.25, 0.3) is 0 Å². The number of aliphatic hydroxyl groups is 1. The van der Waals surface area contributed by atoms with Crippen LogP contribution in [0.1, 0.15) is 56.1 Å². The van der Waals surface area contributed by atoms with Crippen LogP contribution < -0.4 is 10.1 Å². The molecule has 0 radical (unpaired) electrons. The maximum absolute atomic E-state index is 12.7. The summed E-state index contributed by atoms with van der Waals surface area (Å²) < 4.78 is 6.00. The van der Waals surface area contributed by atoms with Gasteiger partial charge in [0.2, 0.25) is 17.8 Å². The number of rotatable bonds is 8. The van der Waals surface area contributed by atoms with Crippen LogP contribution in [0.25, 0.3) is 0 Å².